The van der Waals surface area contributed by atoms with Gasteiger partial charge < -0.3 is 10.8 Å². The Balaban J connectivity index is 2.28. The Morgan fingerprint density at radius 2 is 2.15 bits per heavy atom. The lowest BCUT2D eigenvalue weighted by Crippen LogP contribution is -2.11. The number of aliphatic imine (C=N–C) groups is 1. The summed E-state index contributed by atoms with van der Waals surface area (Å²) in [7, 11) is 1.58. The van der Waals surface area contributed by atoms with E-state index in [0.29, 0.717) is 24.6 Å². The third-order valence-corrected chi connectivity index (χ3v) is 3.52. The number of nitrogens with zero attached hydrogens (tertiary/aromatic N) is 1. The Labute approximate surface area is 119 Å². The zero-order valence-electron chi connectivity index (χ0n) is 12.1. The van der Waals surface area contributed by atoms with E-state index >= 15 is 0 Å². The second-order valence-electron chi connectivity index (χ2n) is 5.39. The molecule has 1 unspecified atom stereocenters. The Morgan fingerprint density at radius 1 is 1.45 bits per heavy atom. The minimum atomic E-state index is 0.126. The fourth-order valence-electron chi connectivity index (χ4n) is 2.63. The molecule has 1 aliphatic rings. The van der Waals surface area contributed by atoms with Crippen molar-refractivity contribution in [1.82, 2.24) is 0 Å². The zero-order valence-corrected chi connectivity index (χ0v) is 12.1. The molecule has 1 aromatic carbocycles. The van der Waals surface area contributed by atoms with E-state index in [1.807, 2.05) is 0 Å². The molecule has 0 heterocycles. The first kappa shape index (κ1) is 14.8. The number of aliphatic hydroxyl groups excluding tert-OH is 1. The molecule has 0 bridgehead atoms. The highest BCUT2D eigenvalue weighted by Crippen LogP contribution is 2.35. The van der Waals surface area contributed by atoms with Gasteiger partial charge in [-0.1, -0.05) is 6.92 Å². The van der Waals surface area contributed by atoms with Gasteiger partial charge in [-0.05, 0) is 48.4 Å². The Morgan fingerprint density at radius 3 is 2.80 bits per heavy atom. The highest BCUT2D eigenvalue weighted by molar-refractivity contribution is 5.85. The number of amidine groups is 1. The second kappa shape index (κ2) is 6.72. The van der Waals surface area contributed by atoms with Crippen LogP contribution >= 0.6 is 0 Å². The highest BCUT2D eigenvalue weighted by Gasteiger charge is 2.20. The predicted octanol–water partition coefficient (Wildman–Crippen LogP) is 2.16. The number of aliphatic hydroxyl groups is 1. The predicted molar refractivity (Wildman–Crippen MR) is 81.2 cm³/mol. The van der Waals surface area contributed by atoms with E-state index in [4.69, 9.17) is 15.7 Å². The molecule has 0 radical (unpaired) electrons. The molecule has 1 aromatic rings. The molecule has 2 rings (SSSR count). The molecule has 110 valence electrons. The van der Waals surface area contributed by atoms with E-state index in [1.165, 1.54) is 11.1 Å². The van der Waals surface area contributed by atoms with Gasteiger partial charge >= 0.3 is 0 Å². The molecule has 0 aromatic heterocycles. The molecule has 1 atom stereocenters. The van der Waals surface area contributed by atoms with E-state index in [2.05, 4.69) is 29.5 Å². The van der Waals surface area contributed by atoms with Gasteiger partial charge in [0.2, 0.25) is 0 Å². The summed E-state index contributed by atoms with van der Waals surface area (Å²) in [5.74, 6) is 1.20. The molecule has 5 heteroatoms. The van der Waals surface area contributed by atoms with Crippen LogP contribution in [0.5, 0.6) is 0 Å². The van der Waals surface area contributed by atoms with Crippen LogP contribution in [0.1, 0.15) is 30.9 Å². The summed E-state index contributed by atoms with van der Waals surface area (Å²) >= 11 is 0. The normalized spacial score (nSPS) is 18.1. The maximum absolute atomic E-state index is 8.83. The van der Waals surface area contributed by atoms with Gasteiger partial charge in [0.15, 0.2) is 0 Å². The van der Waals surface area contributed by atoms with Crippen molar-refractivity contribution >= 4 is 17.2 Å². The Bertz CT molecular complexity index is 500. The van der Waals surface area contributed by atoms with Crippen molar-refractivity contribution in [1.29, 1.82) is 0 Å². The molecule has 0 saturated heterocycles. The van der Waals surface area contributed by atoms with Gasteiger partial charge in [0.05, 0.1) is 24.3 Å². The van der Waals surface area contributed by atoms with Gasteiger partial charge in [0.1, 0.15) is 0 Å². The largest absolute Gasteiger partial charge is 0.396 e. The van der Waals surface area contributed by atoms with Crippen molar-refractivity contribution in [2.24, 2.45) is 16.6 Å². The number of anilines is 1. The van der Waals surface area contributed by atoms with Crippen LogP contribution in [0.25, 0.3) is 0 Å². The minimum Gasteiger partial charge on any atom is -0.396 e. The average Bonchev–Trinajstić information content (AvgIpc) is 2.76. The molecule has 0 amide bonds. The molecule has 0 aliphatic heterocycles. The number of nitrogens with one attached hydrogen (secondary N) is 1. The van der Waals surface area contributed by atoms with Gasteiger partial charge in [0, 0.05) is 13.0 Å². The molecule has 0 fully saturated rings. The summed E-state index contributed by atoms with van der Waals surface area (Å²) < 4.78 is 0. The summed E-state index contributed by atoms with van der Waals surface area (Å²) in [6.45, 7) is 2.38. The summed E-state index contributed by atoms with van der Waals surface area (Å²) in [4.78, 5) is 9.48. The lowest BCUT2D eigenvalue weighted by Gasteiger charge is -2.11. The molecule has 0 spiro atoms. The van der Waals surface area contributed by atoms with Crippen molar-refractivity contribution in [2.45, 2.75) is 32.6 Å². The van der Waals surface area contributed by atoms with Crippen LogP contribution in [0.15, 0.2) is 17.1 Å². The van der Waals surface area contributed by atoms with Crippen molar-refractivity contribution in [3.05, 3.63) is 23.3 Å². The fourth-order valence-corrected chi connectivity index (χ4v) is 2.63. The number of nitrogens with two attached hydrogens (primary N) is 1. The van der Waals surface area contributed by atoms with E-state index in [-0.39, 0.29) is 6.61 Å². The van der Waals surface area contributed by atoms with Crippen molar-refractivity contribution in [2.75, 3.05) is 19.2 Å². The van der Waals surface area contributed by atoms with Crippen LogP contribution in [0.2, 0.25) is 0 Å². The van der Waals surface area contributed by atoms with Crippen LogP contribution in [-0.2, 0) is 17.7 Å². The lowest BCUT2D eigenvalue weighted by atomic mass is 10.1. The van der Waals surface area contributed by atoms with E-state index in [0.717, 1.165) is 24.2 Å². The molecule has 4 N–H and O–H groups in total. The number of hydrogen-bond acceptors (Lipinski definition) is 4. The monoisotopic (exact) mass is 277 g/mol. The molecular weight excluding hydrogens is 254 g/mol. The fraction of sp³-hybridized carbons (Fsp3) is 0.533. The second-order valence-corrected chi connectivity index (χ2v) is 5.39. The van der Waals surface area contributed by atoms with Gasteiger partial charge in [0.25, 0.3) is 0 Å². The smallest absolute Gasteiger partial charge is 0.0998 e. The van der Waals surface area contributed by atoms with E-state index < -0.39 is 0 Å². The highest BCUT2D eigenvalue weighted by atomic mass is 16.6. The minimum absolute atomic E-state index is 0.126. The summed E-state index contributed by atoms with van der Waals surface area (Å²) in [6.07, 6.45) is 3.40. The number of hydrogen-bond donors (Lipinski definition) is 3. The first-order valence-corrected chi connectivity index (χ1v) is 7.02. The van der Waals surface area contributed by atoms with E-state index in [1.54, 1.807) is 7.11 Å². The third-order valence-electron chi connectivity index (χ3n) is 3.52. The van der Waals surface area contributed by atoms with E-state index in [9.17, 15) is 0 Å². The molecule has 0 saturated carbocycles. The van der Waals surface area contributed by atoms with Crippen LogP contribution < -0.4 is 11.2 Å². The standard InChI is InChI=1S/C15H23N3O2/c1-10-6-11-8-13(17-15(16)4-3-5-19)14(18-20-2)9-12(11)7-10/h8-10,18-19H,3-7H2,1-2H3,(H2,16,17). The third kappa shape index (κ3) is 3.49. The maximum Gasteiger partial charge on any atom is 0.0998 e. The van der Waals surface area contributed by atoms with Gasteiger partial charge in [-0.25, -0.2) is 4.99 Å². The topological polar surface area (TPSA) is 79.9 Å². The molecule has 5 nitrogen and oxygen atoms in total. The quantitative estimate of drug-likeness (QED) is 0.423. The first-order valence-electron chi connectivity index (χ1n) is 7.02. The van der Waals surface area contributed by atoms with Crippen LogP contribution in [0, 0.1) is 5.92 Å². The van der Waals surface area contributed by atoms with Crippen LogP contribution in [-0.4, -0.2) is 24.7 Å². The lowest BCUT2D eigenvalue weighted by molar-refractivity contribution is 0.271. The van der Waals surface area contributed by atoms with Crippen LogP contribution in [0.4, 0.5) is 11.4 Å². The zero-order chi connectivity index (χ0) is 14.5. The first-order chi connectivity index (χ1) is 9.63. The van der Waals surface area contributed by atoms with Crippen LogP contribution in [0.3, 0.4) is 0 Å². The van der Waals surface area contributed by atoms with Gasteiger partial charge in [-0.15, -0.1) is 0 Å². The van der Waals surface area contributed by atoms with Gasteiger partial charge in [-0.3, -0.25) is 10.3 Å². The molecular formula is C15H23N3O2. The number of benzene rings is 1. The summed E-state index contributed by atoms with van der Waals surface area (Å²) in [6, 6.07) is 4.19. The number of fused-ring (bicyclic) bond motifs is 1. The Kier molecular flexibility index (Phi) is 4.98. The Hall–Kier alpha value is -1.59. The molecule has 1 aliphatic carbocycles. The van der Waals surface area contributed by atoms with Crippen molar-refractivity contribution < 1.29 is 9.94 Å². The average molecular weight is 277 g/mol. The maximum atomic E-state index is 8.83. The summed E-state index contributed by atoms with van der Waals surface area (Å²) in [5.41, 5.74) is 13.1. The van der Waals surface area contributed by atoms with Crippen molar-refractivity contribution in [3.8, 4) is 0 Å². The van der Waals surface area contributed by atoms with Crippen molar-refractivity contribution in [3.63, 3.8) is 0 Å². The molecule has 20 heavy (non-hydrogen) atoms. The SMILES string of the molecule is CONc1cc2c(cc1N=C(N)CCCO)CC(C)C2. The summed E-state index contributed by atoms with van der Waals surface area (Å²) in [5, 5.41) is 8.83. The van der Waals surface area contributed by atoms with Gasteiger partial charge in [-0.2, -0.15) is 0 Å². The number of rotatable bonds is 6.